The van der Waals surface area contributed by atoms with Crippen molar-refractivity contribution in [1.82, 2.24) is 9.97 Å². The van der Waals surface area contributed by atoms with Gasteiger partial charge in [0.2, 0.25) is 0 Å². The Labute approximate surface area is 176 Å². The topological polar surface area (TPSA) is 83.3 Å². The molecule has 5 nitrogen and oxygen atoms in total. The van der Waals surface area contributed by atoms with Gasteiger partial charge in [-0.1, -0.05) is 37.8 Å². The summed E-state index contributed by atoms with van der Waals surface area (Å²) in [5.41, 5.74) is 4.20. The van der Waals surface area contributed by atoms with E-state index in [1.165, 1.54) is 25.7 Å². The number of benzene rings is 2. The number of phenolic OH excluding ortho intramolecular Hbond substituents is 2. The van der Waals surface area contributed by atoms with Gasteiger partial charge in [-0.15, -0.1) is 0 Å². The normalized spacial score (nSPS) is 14.1. The molecule has 0 spiro atoms. The van der Waals surface area contributed by atoms with Gasteiger partial charge >= 0.3 is 0 Å². The Kier molecular flexibility index (Phi) is 6.07. The number of Topliss-reactive ketones (excluding diaryl/α,β-unsaturated/α-hetero) is 1. The Morgan fingerprint density at radius 3 is 2.17 bits per heavy atom. The second-order valence-corrected chi connectivity index (χ2v) is 8.11. The molecule has 0 radical (unpaired) electrons. The molecule has 1 aliphatic carbocycles. The number of ketones is 1. The lowest BCUT2D eigenvalue weighted by molar-refractivity contribution is -0.117. The predicted molar refractivity (Wildman–Crippen MR) is 115 cm³/mol. The molecule has 5 heteroatoms. The van der Waals surface area contributed by atoms with Crippen LogP contribution in [0, 0.1) is 5.92 Å². The van der Waals surface area contributed by atoms with Crippen molar-refractivity contribution in [3.63, 3.8) is 0 Å². The Morgan fingerprint density at radius 2 is 1.50 bits per heavy atom. The third-order valence-corrected chi connectivity index (χ3v) is 5.75. The van der Waals surface area contributed by atoms with E-state index in [1.54, 1.807) is 42.6 Å². The van der Waals surface area contributed by atoms with E-state index in [0.29, 0.717) is 12.3 Å². The summed E-state index contributed by atoms with van der Waals surface area (Å²) in [4.78, 5) is 22.2. The van der Waals surface area contributed by atoms with Crippen molar-refractivity contribution < 1.29 is 15.0 Å². The fourth-order valence-corrected chi connectivity index (χ4v) is 4.11. The highest BCUT2D eigenvalue weighted by molar-refractivity contribution is 5.83. The molecule has 2 aromatic carbocycles. The molecule has 30 heavy (non-hydrogen) atoms. The van der Waals surface area contributed by atoms with Crippen molar-refractivity contribution >= 4 is 5.78 Å². The van der Waals surface area contributed by atoms with E-state index < -0.39 is 0 Å². The van der Waals surface area contributed by atoms with Crippen LogP contribution in [0.2, 0.25) is 0 Å². The summed E-state index contributed by atoms with van der Waals surface area (Å²) in [6, 6.07) is 13.7. The molecular weight excluding hydrogens is 376 g/mol. The molecule has 154 valence electrons. The Balaban J connectivity index is 1.56. The molecule has 1 saturated carbocycles. The van der Waals surface area contributed by atoms with Gasteiger partial charge in [-0.05, 0) is 54.3 Å². The van der Waals surface area contributed by atoms with Crippen molar-refractivity contribution in [2.75, 3.05) is 0 Å². The highest BCUT2D eigenvalue weighted by Crippen LogP contribution is 2.29. The number of phenols is 2. The molecule has 1 fully saturated rings. The molecular formula is C25H26N2O3. The summed E-state index contributed by atoms with van der Waals surface area (Å²) < 4.78 is 0. The maximum atomic E-state index is 12.7. The van der Waals surface area contributed by atoms with E-state index in [2.05, 4.69) is 4.98 Å². The van der Waals surface area contributed by atoms with Gasteiger partial charge in [-0.2, -0.15) is 0 Å². The molecule has 3 aromatic rings. The minimum atomic E-state index is 0.0834. The van der Waals surface area contributed by atoms with E-state index in [9.17, 15) is 15.0 Å². The van der Waals surface area contributed by atoms with Gasteiger partial charge in [0.25, 0.3) is 0 Å². The number of aromatic nitrogens is 2. The van der Waals surface area contributed by atoms with Crippen LogP contribution in [0.3, 0.4) is 0 Å². The number of hydrogen-bond acceptors (Lipinski definition) is 5. The monoisotopic (exact) mass is 402 g/mol. The number of aromatic hydroxyl groups is 2. The molecule has 0 saturated heterocycles. The van der Waals surface area contributed by atoms with E-state index in [4.69, 9.17) is 4.98 Å². The molecule has 1 aromatic heterocycles. The fourth-order valence-electron chi connectivity index (χ4n) is 4.11. The van der Waals surface area contributed by atoms with E-state index in [0.717, 1.165) is 34.6 Å². The molecule has 2 N–H and O–H groups in total. The second kappa shape index (κ2) is 9.08. The minimum Gasteiger partial charge on any atom is -0.508 e. The van der Waals surface area contributed by atoms with Crippen LogP contribution >= 0.6 is 0 Å². The Morgan fingerprint density at radius 1 is 0.867 bits per heavy atom. The summed E-state index contributed by atoms with van der Waals surface area (Å²) in [5.74, 6) is 1.09. The van der Waals surface area contributed by atoms with Gasteiger partial charge in [0.1, 0.15) is 17.3 Å². The number of carbonyl (C=O) groups is 1. The first-order valence-corrected chi connectivity index (χ1v) is 10.5. The van der Waals surface area contributed by atoms with Gasteiger partial charge in [0.05, 0.1) is 29.7 Å². The third-order valence-electron chi connectivity index (χ3n) is 5.75. The Bertz CT molecular complexity index is 1010. The lowest BCUT2D eigenvalue weighted by atomic mass is 9.97. The summed E-state index contributed by atoms with van der Waals surface area (Å²) in [6.07, 6.45) is 8.04. The minimum absolute atomic E-state index is 0.0834. The molecule has 0 aliphatic heterocycles. The fraction of sp³-hybridized carbons (Fsp3) is 0.320. The van der Waals surface area contributed by atoms with Gasteiger partial charge < -0.3 is 10.2 Å². The van der Waals surface area contributed by atoms with Crippen LogP contribution in [-0.4, -0.2) is 26.0 Å². The van der Waals surface area contributed by atoms with Crippen LogP contribution in [-0.2, 0) is 24.1 Å². The summed E-state index contributed by atoms with van der Waals surface area (Å²) >= 11 is 0. The lowest BCUT2D eigenvalue weighted by Gasteiger charge is -2.14. The molecule has 0 unspecified atom stereocenters. The summed E-state index contributed by atoms with van der Waals surface area (Å²) in [7, 11) is 0. The number of hydrogen-bond donors (Lipinski definition) is 2. The van der Waals surface area contributed by atoms with E-state index >= 15 is 0 Å². The molecule has 1 aliphatic rings. The molecule has 0 atom stereocenters. The standard InChI is InChI=1S/C25H26N2O3/c28-20-9-5-18(6-10-20)13-22(30)15-23-24(14-17-3-1-2-4-17)27-25(16-26-23)19-7-11-21(29)12-8-19/h5-12,16-17,28-29H,1-4,13-15H2. The van der Waals surface area contributed by atoms with Crippen LogP contribution in [0.1, 0.15) is 42.6 Å². The molecule has 4 rings (SSSR count). The van der Waals surface area contributed by atoms with Crippen molar-refractivity contribution in [1.29, 1.82) is 0 Å². The molecule has 0 amide bonds. The average Bonchev–Trinajstić information content (AvgIpc) is 3.25. The number of carbonyl (C=O) groups excluding carboxylic acids is 1. The quantitative estimate of drug-likeness (QED) is 0.601. The van der Waals surface area contributed by atoms with Crippen LogP contribution < -0.4 is 0 Å². The van der Waals surface area contributed by atoms with Crippen molar-refractivity contribution in [3.8, 4) is 22.8 Å². The zero-order valence-corrected chi connectivity index (χ0v) is 16.9. The third kappa shape index (κ3) is 5.03. The van der Waals surface area contributed by atoms with Crippen molar-refractivity contribution in [2.24, 2.45) is 5.92 Å². The van der Waals surface area contributed by atoms with Crippen molar-refractivity contribution in [3.05, 3.63) is 71.7 Å². The predicted octanol–water partition coefficient (Wildman–Crippen LogP) is 4.64. The van der Waals surface area contributed by atoms with Crippen LogP contribution in [0.5, 0.6) is 11.5 Å². The zero-order valence-electron chi connectivity index (χ0n) is 16.9. The SMILES string of the molecule is O=C(Cc1ccc(O)cc1)Cc1ncc(-c2ccc(O)cc2)nc1CC1CCCC1. The zero-order chi connectivity index (χ0) is 20.9. The first kappa shape index (κ1) is 20.1. The second-order valence-electron chi connectivity index (χ2n) is 8.11. The smallest absolute Gasteiger partial charge is 0.143 e. The van der Waals surface area contributed by atoms with Gasteiger partial charge in [0.15, 0.2) is 0 Å². The maximum absolute atomic E-state index is 12.7. The van der Waals surface area contributed by atoms with Gasteiger partial charge in [0, 0.05) is 12.0 Å². The largest absolute Gasteiger partial charge is 0.508 e. The van der Waals surface area contributed by atoms with E-state index in [1.807, 2.05) is 12.1 Å². The van der Waals surface area contributed by atoms with Gasteiger partial charge in [-0.25, -0.2) is 4.98 Å². The van der Waals surface area contributed by atoms with Crippen molar-refractivity contribution in [2.45, 2.75) is 44.9 Å². The molecule has 1 heterocycles. The first-order valence-electron chi connectivity index (χ1n) is 10.5. The molecule has 0 bridgehead atoms. The first-order chi connectivity index (χ1) is 14.6. The highest BCUT2D eigenvalue weighted by Gasteiger charge is 2.20. The number of rotatable bonds is 7. The van der Waals surface area contributed by atoms with Crippen LogP contribution in [0.15, 0.2) is 54.7 Å². The maximum Gasteiger partial charge on any atom is 0.143 e. The summed E-state index contributed by atoms with van der Waals surface area (Å²) in [6.45, 7) is 0. The number of nitrogens with zero attached hydrogens (tertiary/aromatic N) is 2. The van der Waals surface area contributed by atoms with E-state index in [-0.39, 0.29) is 23.7 Å². The average molecular weight is 402 g/mol. The Hall–Kier alpha value is -3.21. The lowest BCUT2D eigenvalue weighted by Crippen LogP contribution is -2.13. The van der Waals surface area contributed by atoms with Crippen LogP contribution in [0.25, 0.3) is 11.3 Å². The van der Waals surface area contributed by atoms with Gasteiger partial charge in [-0.3, -0.25) is 9.78 Å². The summed E-state index contributed by atoms with van der Waals surface area (Å²) in [5, 5.41) is 19.0. The van der Waals surface area contributed by atoms with Crippen LogP contribution in [0.4, 0.5) is 0 Å². The highest BCUT2D eigenvalue weighted by atomic mass is 16.3.